The summed E-state index contributed by atoms with van der Waals surface area (Å²) in [6.45, 7) is 0.295. The summed E-state index contributed by atoms with van der Waals surface area (Å²) >= 11 is 0. The normalized spacial score (nSPS) is 13.9. The summed E-state index contributed by atoms with van der Waals surface area (Å²) in [4.78, 5) is 24.0. The van der Waals surface area contributed by atoms with E-state index >= 15 is 0 Å². The molecule has 2 aromatic rings. The molecule has 2 N–H and O–H groups in total. The first-order chi connectivity index (χ1) is 12.8. The van der Waals surface area contributed by atoms with E-state index in [1.54, 1.807) is 24.3 Å². The lowest BCUT2D eigenvalue weighted by Crippen LogP contribution is -2.26. The van der Waals surface area contributed by atoms with Crippen LogP contribution < -0.4 is 10.6 Å². The predicted octanol–water partition coefficient (Wildman–Crippen LogP) is 4.03. The van der Waals surface area contributed by atoms with Gasteiger partial charge in [0.2, 0.25) is 5.91 Å². The zero-order valence-electron chi connectivity index (χ0n) is 14.5. The maximum atomic E-state index is 12.5. The number of nitrogens with one attached hydrogen (secondary N) is 2. The van der Waals surface area contributed by atoms with E-state index in [-0.39, 0.29) is 17.7 Å². The van der Waals surface area contributed by atoms with E-state index < -0.39 is 11.7 Å². The van der Waals surface area contributed by atoms with Crippen LogP contribution in [-0.4, -0.2) is 18.4 Å². The Kier molecular flexibility index (Phi) is 5.48. The van der Waals surface area contributed by atoms with Crippen LogP contribution in [0.4, 0.5) is 18.9 Å². The van der Waals surface area contributed by atoms with Crippen molar-refractivity contribution in [2.75, 3.05) is 11.9 Å². The van der Waals surface area contributed by atoms with Gasteiger partial charge in [0.05, 0.1) is 5.56 Å². The van der Waals surface area contributed by atoms with Crippen LogP contribution in [0.15, 0.2) is 48.5 Å². The van der Waals surface area contributed by atoms with Gasteiger partial charge in [-0.05, 0) is 55.2 Å². The minimum atomic E-state index is -4.35. The lowest BCUT2D eigenvalue weighted by Gasteiger charge is -2.09. The van der Waals surface area contributed by atoms with Crippen LogP contribution in [0.2, 0.25) is 0 Å². The minimum Gasteiger partial charge on any atom is -0.352 e. The highest BCUT2D eigenvalue weighted by Gasteiger charge is 2.30. The Labute approximate surface area is 154 Å². The van der Waals surface area contributed by atoms with Crippen LogP contribution in [0.25, 0.3) is 0 Å². The third-order valence-electron chi connectivity index (χ3n) is 4.32. The fraction of sp³-hybridized carbons (Fsp3) is 0.300. The molecule has 4 nitrogen and oxygen atoms in total. The van der Waals surface area contributed by atoms with Crippen molar-refractivity contribution in [1.82, 2.24) is 5.32 Å². The van der Waals surface area contributed by atoms with E-state index in [0.29, 0.717) is 29.8 Å². The molecule has 0 aliphatic heterocycles. The molecule has 0 bridgehead atoms. The van der Waals surface area contributed by atoms with E-state index in [1.165, 1.54) is 12.1 Å². The lowest BCUT2D eigenvalue weighted by molar-refractivity contribution is -0.137. The third-order valence-corrected chi connectivity index (χ3v) is 4.32. The molecule has 27 heavy (non-hydrogen) atoms. The van der Waals surface area contributed by atoms with E-state index in [4.69, 9.17) is 0 Å². The second-order valence-electron chi connectivity index (χ2n) is 6.54. The number of carbonyl (C=O) groups is 2. The van der Waals surface area contributed by atoms with Crippen molar-refractivity contribution in [3.05, 3.63) is 65.2 Å². The Morgan fingerprint density at radius 2 is 1.74 bits per heavy atom. The Morgan fingerprint density at radius 3 is 2.37 bits per heavy atom. The van der Waals surface area contributed by atoms with Crippen molar-refractivity contribution in [2.45, 2.75) is 25.4 Å². The summed E-state index contributed by atoms with van der Waals surface area (Å²) in [5, 5.41) is 5.52. The molecule has 0 aromatic heterocycles. The largest absolute Gasteiger partial charge is 0.416 e. The van der Waals surface area contributed by atoms with Crippen LogP contribution >= 0.6 is 0 Å². The highest BCUT2D eigenvalue weighted by atomic mass is 19.4. The molecule has 0 unspecified atom stereocenters. The van der Waals surface area contributed by atoms with Gasteiger partial charge in [-0.25, -0.2) is 0 Å². The van der Waals surface area contributed by atoms with Gasteiger partial charge in [0.15, 0.2) is 0 Å². The zero-order valence-corrected chi connectivity index (χ0v) is 14.5. The highest BCUT2D eigenvalue weighted by molar-refractivity contribution is 5.98. The van der Waals surface area contributed by atoms with Crippen LogP contribution in [0, 0.1) is 5.92 Å². The Balaban J connectivity index is 1.51. The molecule has 2 aromatic carbocycles. The van der Waals surface area contributed by atoms with Gasteiger partial charge < -0.3 is 10.6 Å². The number of rotatable bonds is 6. The number of alkyl halides is 3. The monoisotopic (exact) mass is 376 g/mol. The van der Waals surface area contributed by atoms with E-state index in [2.05, 4.69) is 10.6 Å². The maximum Gasteiger partial charge on any atom is 0.416 e. The molecular weight excluding hydrogens is 357 g/mol. The topological polar surface area (TPSA) is 58.2 Å². The molecular formula is C20H19F3N2O2. The van der Waals surface area contributed by atoms with Crippen molar-refractivity contribution in [1.29, 1.82) is 0 Å². The molecule has 1 aliphatic carbocycles. The second-order valence-corrected chi connectivity index (χ2v) is 6.54. The van der Waals surface area contributed by atoms with Gasteiger partial charge in [0.1, 0.15) is 0 Å². The van der Waals surface area contributed by atoms with E-state index in [1.807, 2.05) is 0 Å². The fourth-order valence-corrected chi connectivity index (χ4v) is 2.61. The molecule has 1 saturated carbocycles. The third kappa shape index (κ3) is 5.32. The Hall–Kier alpha value is -2.83. The zero-order chi connectivity index (χ0) is 19.4. The van der Waals surface area contributed by atoms with Gasteiger partial charge in [0, 0.05) is 23.7 Å². The molecule has 142 valence electrons. The summed E-state index contributed by atoms with van der Waals surface area (Å²) in [6.07, 6.45) is -2.14. The standard InChI is InChI=1S/C20H19F3N2O2/c21-20(22,23)16-8-4-13(5-9-16)10-11-24-18(26)15-2-1-3-17(12-15)25-19(27)14-6-7-14/h1-5,8-9,12,14H,6-7,10-11H2,(H,24,26)(H,25,27). The van der Waals surface area contributed by atoms with E-state index in [0.717, 1.165) is 25.0 Å². The summed E-state index contributed by atoms with van der Waals surface area (Å²) in [5.41, 5.74) is 0.993. The highest BCUT2D eigenvalue weighted by Crippen LogP contribution is 2.30. The lowest BCUT2D eigenvalue weighted by atomic mass is 10.1. The molecule has 1 aliphatic rings. The number of halogens is 3. The maximum absolute atomic E-state index is 12.5. The molecule has 3 rings (SSSR count). The first kappa shape index (κ1) is 18.9. The van der Waals surface area contributed by atoms with Gasteiger partial charge in [-0.2, -0.15) is 13.2 Å². The molecule has 0 radical (unpaired) electrons. The first-order valence-corrected chi connectivity index (χ1v) is 8.68. The molecule has 1 fully saturated rings. The van der Waals surface area contributed by atoms with Crippen LogP contribution in [0.3, 0.4) is 0 Å². The second kappa shape index (κ2) is 7.82. The van der Waals surface area contributed by atoms with Crippen LogP contribution in [0.1, 0.15) is 34.3 Å². The number of anilines is 1. The summed E-state index contributed by atoms with van der Waals surface area (Å²) in [7, 11) is 0. The summed E-state index contributed by atoms with van der Waals surface area (Å²) in [5.74, 6) is -0.259. The Morgan fingerprint density at radius 1 is 1.04 bits per heavy atom. The van der Waals surface area contributed by atoms with Crippen LogP contribution in [0.5, 0.6) is 0 Å². The molecule has 0 heterocycles. The number of hydrogen-bond donors (Lipinski definition) is 2. The fourth-order valence-electron chi connectivity index (χ4n) is 2.61. The number of benzene rings is 2. The SMILES string of the molecule is O=C(NCCc1ccc(C(F)(F)F)cc1)c1cccc(NC(=O)C2CC2)c1. The Bertz CT molecular complexity index is 828. The molecule has 0 saturated heterocycles. The molecule has 0 spiro atoms. The predicted molar refractivity (Wildman–Crippen MR) is 95.3 cm³/mol. The smallest absolute Gasteiger partial charge is 0.352 e. The quantitative estimate of drug-likeness (QED) is 0.800. The van der Waals surface area contributed by atoms with Crippen molar-refractivity contribution in [2.24, 2.45) is 5.92 Å². The van der Waals surface area contributed by atoms with Gasteiger partial charge in [-0.15, -0.1) is 0 Å². The average molecular weight is 376 g/mol. The minimum absolute atomic E-state index is 0.0325. The van der Waals surface area contributed by atoms with Crippen LogP contribution in [-0.2, 0) is 17.4 Å². The molecule has 2 amide bonds. The molecule has 0 atom stereocenters. The van der Waals surface area contributed by atoms with Gasteiger partial charge in [0.25, 0.3) is 5.91 Å². The number of amides is 2. The summed E-state index contributed by atoms with van der Waals surface area (Å²) in [6, 6.07) is 11.5. The van der Waals surface area contributed by atoms with Crippen molar-refractivity contribution in [3.8, 4) is 0 Å². The summed E-state index contributed by atoms with van der Waals surface area (Å²) < 4.78 is 37.6. The van der Waals surface area contributed by atoms with Gasteiger partial charge >= 0.3 is 6.18 Å². The van der Waals surface area contributed by atoms with E-state index in [9.17, 15) is 22.8 Å². The van der Waals surface area contributed by atoms with Crippen molar-refractivity contribution >= 4 is 17.5 Å². The van der Waals surface area contributed by atoms with Crippen molar-refractivity contribution < 1.29 is 22.8 Å². The van der Waals surface area contributed by atoms with Gasteiger partial charge in [-0.1, -0.05) is 18.2 Å². The number of hydrogen-bond acceptors (Lipinski definition) is 2. The van der Waals surface area contributed by atoms with Crippen molar-refractivity contribution in [3.63, 3.8) is 0 Å². The average Bonchev–Trinajstić information content (AvgIpc) is 3.47. The van der Waals surface area contributed by atoms with Gasteiger partial charge in [-0.3, -0.25) is 9.59 Å². The first-order valence-electron chi connectivity index (χ1n) is 8.68. The number of carbonyl (C=O) groups excluding carboxylic acids is 2. The molecule has 7 heteroatoms.